The van der Waals surface area contributed by atoms with E-state index in [4.69, 9.17) is 0 Å². The zero-order valence-electron chi connectivity index (χ0n) is 13.4. The van der Waals surface area contributed by atoms with Crippen molar-refractivity contribution >= 4 is 11.6 Å². The van der Waals surface area contributed by atoms with Crippen LogP contribution < -0.4 is 5.32 Å². The molecule has 1 fully saturated rings. The van der Waals surface area contributed by atoms with Gasteiger partial charge in [-0.3, -0.25) is 4.79 Å². The lowest BCUT2D eigenvalue weighted by molar-refractivity contribution is -0.119. The van der Waals surface area contributed by atoms with Crippen LogP contribution in [0.2, 0.25) is 0 Å². The topological polar surface area (TPSA) is 29.1 Å². The third-order valence-electron chi connectivity index (χ3n) is 4.46. The summed E-state index contributed by atoms with van der Waals surface area (Å²) < 4.78 is 0. The Morgan fingerprint density at radius 3 is 2.43 bits per heavy atom. The maximum absolute atomic E-state index is 12.6. The number of para-hydroxylation sites is 1. The summed E-state index contributed by atoms with van der Waals surface area (Å²) in [6, 6.07) is 20.2. The van der Waals surface area contributed by atoms with E-state index in [0.29, 0.717) is 0 Å². The summed E-state index contributed by atoms with van der Waals surface area (Å²) >= 11 is 0. The zero-order valence-corrected chi connectivity index (χ0v) is 13.4. The van der Waals surface area contributed by atoms with Gasteiger partial charge in [0.25, 0.3) is 0 Å². The van der Waals surface area contributed by atoms with Crippen LogP contribution >= 0.6 is 0 Å². The quantitative estimate of drug-likeness (QED) is 0.793. The Kier molecular flexibility index (Phi) is 5.25. The van der Waals surface area contributed by atoms with Gasteiger partial charge in [-0.2, -0.15) is 0 Å². The molecule has 3 rings (SSSR count). The lowest BCUT2D eigenvalue weighted by atomic mass is 9.82. The van der Waals surface area contributed by atoms with Crippen LogP contribution in [0.25, 0.3) is 0 Å². The van der Waals surface area contributed by atoms with Crippen LogP contribution in [0.3, 0.4) is 0 Å². The number of rotatable bonds is 4. The molecule has 2 heteroatoms. The fourth-order valence-corrected chi connectivity index (χ4v) is 3.19. The van der Waals surface area contributed by atoms with Gasteiger partial charge in [0, 0.05) is 5.69 Å². The normalized spacial score (nSPS) is 19.5. The number of allylic oxidation sites excluding steroid dienone is 1. The van der Waals surface area contributed by atoms with Gasteiger partial charge in [0.15, 0.2) is 0 Å². The molecule has 1 amide bonds. The van der Waals surface area contributed by atoms with E-state index >= 15 is 0 Å². The molecule has 1 aliphatic carbocycles. The monoisotopic (exact) mass is 305 g/mol. The van der Waals surface area contributed by atoms with Gasteiger partial charge >= 0.3 is 0 Å². The molecular weight excluding hydrogens is 282 g/mol. The molecule has 1 saturated carbocycles. The first-order chi connectivity index (χ1) is 11.3. The van der Waals surface area contributed by atoms with Gasteiger partial charge in [0.1, 0.15) is 0 Å². The van der Waals surface area contributed by atoms with E-state index in [2.05, 4.69) is 35.7 Å². The van der Waals surface area contributed by atoms with Gasteiger partial charge in [-0.15, -0.1) is 0 Å². The highest BCUT2D eigenvalue weighted by Crippen LogP contribution is 2.30. The largest absolute Gasteiger partial charge is 0.326 e. The van der Waals surface area contributed by atoms with Crippen molar-refractivity contribution in [2.75, 3.05) is 5.32 Å². The summed E-state index contributed by atoms with van der Waals surface area (Å²) in [6.07, 6.45) is 7.50. The first kappa shape index (κ1) is 15.5. The highest BCUT2D eigenvalue weighted by molar-refractivity contribution is 5.94. The molecule has 0 radical (unpaired) electrons. The van der Waals surface area contributed by atoms with E-state index in [1.165, 1.54) is 17.6 Å². The second kappa shape index (κ2) is 7.77. The number of benzene rings is 2. The van der Waals surface area contributed by atoms with Gasteiger partial charge in [-0.25, -0.2) is 0 Å². The number of nitrogens with one attached hydrogen (secondary N) is 1. The number of carbonyl (C=O) groups excluding carboxylic acids is 1. The zero-order chi connectivity index (χ0) is 15.9. The molecule has 0 aliphatic heterocycles. The van der Waals surface area contributed by atoms with Gasteiger partial charge in [-0.1, -0.05) is 66.6 Å². The Labute approximate surface area is 138 Å². The third-order valence-corrected chi connectivity index (χ3v) is 4.46. The SMILES string of the molecule is O=C(Nc1ccccc1)C1CCCC/C1=C/Cc1ccccc1. The predicted molar refractivity (Wildman–Crippen MR) is 95.3 cm³/mol. The summed E-state index contributed by atoms with van der Waals surface area (Å²) in [6.45, 7) is 0. The molecule has 23 heavy (non-hydrogen) atoms. The summed E-state index contributed by atoms with van der Waals surface area (Å²) in [5, 5.41) is 3.06. The highest BCUT2D eigenvalue weighted by atomic mass is 16.1. The second-order valence-corrected chi connectivity index (χ2v) is 6.12. The fraction of sp³-hybridized carbons (Fsp3) is 0.286. The van der Waals surface area contributed by atoms with Crippen molar-refractivity contribution in [3.05, 3.63) is 77.9 Å². The molecule has 1 N–H and O–H groups in total. The van der Waals surface area contributed by atoms with Crippen molar-refractivity contribution in [1.29, 1.82) is 0 Å². The molecule has 0 aromatic heterocycles. The van der Waals surface area contributed by atoms with Crippen molar-refractivity contribution in [2.24, 2.45) is 5.92 Å². The minimum Gasteiger partial charge on any atom is -0.326 e. The Morgan fingerprint density at radius 1 is 1.00 bits per heavy atom. The van der Waals surface area contributed by atoms with Crippen LogP contribution in [0.4, 0.5) is 5.69 Å². The summed E-state index contributed by atoms with van der Waals surface area (Å²) in [5.74, 6) is 0.155. The Hall–Kier alpha value is -2.35. The van der Waals surface area contributed by atoms with Crippen LogP contribution in [0.1, 0.15) is 31.2 Å². The number of amides is 1. The summed E-state index contributed by atoms with van der Waals surface area (Å²) in [5.41, 5.74) is 3.48. The van der Waals surface area contributed by atoms with Gasteiger partial charge in [0.05, 0.1) is 5.92 Å². The van der Waals surface area contributed by atoms with Crippen molar-refractivity contribution in [3.8, 4) is 0 Å². The molecule has 0 bridgehead atoms. The first-order valence-electron chi connectivity index (χ1n) is 8.42. The number of hydrogen-bond acceptors (Lipinski definition) is 1. The molecule has 0 heterocycles. The summed E-state index contributed by atoms with van der Waals surface area (Å²) in [4.78, 5) is 12.6. The van der Waals surface area contributed by atoms with E-state index in [1.54, 1.807) is 0 Å². The highest BCUT2D eigenvalue weighted by Gasteiger charge is 2.25. The molecule has 2 nitrogen and oxygen atoms in total. The van der Waals surface area contributed by atoms with Crippen LogP contribution in [0, 0.1) is 5.92 Å². The smallest absolute Gasteiger partial charge is 0.231 e. The van der Waals surface area contributed by atoms with Crippen LogP contribution in [-0.4, -0.2) is 5.91 Å². The van der Waals surface area contributed by atoms with Crippen molar-refractivity contribution < 1.29 is 4.79 Å². The second-order valence-electron chi connectivity index (χ2n) is 6.12. The number of hydrogen-bond donors (Lipinski definition) is 1. The first-order valence-corrected chi connectivity index (χ1v) is 8.42. The minimum atomic E-state index is 0.0210. The molecule has 118 valence electrons. The summed E-state index contributed by atoms with van der Waals surface area (Å²) in [7, 11) is 0. The third kappa shape index (κ3) is 4.32. The molecule has 0 saturated heterocycles. The van der Waals surface area contributed by atoms with Crippen molar-refractivity contribution in [1.82, 2.24) is 0 Å². The molecule has 2 aromatic carbocycles. The van der Waals surface area contributed by atoms with Crippen LogP contribution in [0.15, 0.2) is 72.3 Å². The number of carbonyl (C=O) groups is 1. The lowest BCUT2D eigenvalue weighted by Crippen LogP contribution is -2.26. The maximum Gasteiger partial charge on any atom is 0.231 e. The van der Waals surface area contributed by atoms with Crippen molar-refractivity contribution in [2.45, 2.75) is 32.1 Å². The fourth-order valence-electron chi connectivity index (χ4n) is 3.19. The standard InChI is InChI=1S/C21H23NO/c23-21(22-19-12-5-2-6-13-19)20-14-8-7-11-18(20)16-15-17-9-3-1-4-10-17/h1-6,9-10,12-13,16,20H,7-8,11,14-15H2,(H,22,23)/b18-16-. The van der Waals surface area contributed by atoms with E-state index in [0.717, 1.165) is 31.4 Å². The molecule has 1 unspecified atom stereocenters. The molecule has 1 aliphatic rings. The average Bonchev–Trinajstić information content (AvgIpc) is 2.62. The molecule has 2 aromatic rings. The lowest BCUT2D eigenvalue weighted by Gasteiger charge is -2.25. The number of anilines is 1. The van der Waals surface area contributed by atoms with E-state index in [1.807, 2.05) is 36.4 Å². The van der Waals surface area contributed by atoms with Gasteiger partial charge < -0.3 is 5.32 Å². The maximum atomic E-state index is 12.6. The Morgan fingerprint density at radius 2 is 1.70 bits per heavy atom. The molecule has 0 spiro atoms. The van der Waals surface area contributed by atoms with Gasteiger partial charge in [0.2, 0.25) is 5.91 Å². The van der Waals surface area contributed by atoms with Crippen molar-refractivity contribution in [3.63, 3.8) is 0 Å². The molecule has 1 atom stereocenters. The molecular formula is C21H23NO. The minimum absolute atomic E-state index is 0.0210. The van der Waals surface area contributed by atoms with Crippen LogP contribution in [-0.2, 0) is 11.2 Å². The average molecular weight is 305 g/mol. The van der Waals surface area contributed by atoms with E-state index < -0.39 is 0 Å². The van der Waals surface area contributed by atoms with E-state index in [-0.39, 0.29) is 11.8 Å². The predicted octanol–water partition coefficient (Wildman–Crippen LogP) is 4.98. The van der Waals surface area contributed by atoms with Gasteiger partial charge in [-0.05, 0) is 43.4 Å². The van der Waals surface area contributed by atoms with Crippen LogP contribution in [0.5, 0.6) is 0 Å². The Balaban J connectivity index is 1.69. The Bertz CT molecular complexity index is 661. The van der Waals surface area contributed by atoms with E-state index in [9.17, 15) is 4.79 Å².